The van der Waals surface area contributed by atoms with Gasteiger partial charge in [-0.2, -0.15) is 5.26 Å². The molecule has 0 saturated carbocycles. The number of anilines is 1. The summed E-state index contributed by atoms with van der Waals surface area (Å²) in [5.74, 6) is -1.22. The Kier molecular flexibility index (Phi) is 7.41. The van der Waals surface area contributed by atoms with E-state index in [1.807, 2.05) is 0 Å². The van der Waals surface area contributed by atoms with Crippen LogP contribution in [0.3, 0.4) is 0 Å². The smallest absolute Gasteiger partial charge is 0.264 e. The number of aryl methyl sites for hydroxylation is 1. The number of hydrogen-bond donors (Lipinski definition) is 1. The molecule has 0 aliphatic carbocycles. The van der Waals surface area contributed by atoms with E-state index in [4.69, 9.17) is 16.9 Å². The standard InChI is InChI=1S/C24H19ClFN3O2S/c1-3-10-29(14-17-6-4-16(13-27)5-7-17)24(31)22-15(2)11-21(32-22)28-23(30)19-9-8-18(26)12-20(19)25/h3-9,11-12H,1,10,14H2,2H3,(H,28,30). The number of nitrogens with one attached hydrogen (secondary N) is 1. The minimum absolute atomic E-state index is 0.00616. The van der Waals surface area contributed by atoms with Crippen LogP contribution in [0.4, 0.5) is 9.39 Å². The Morgan fingerprint density at radius 1 is 1.25 bits per heavy atom. The van der Waals surface area contributed by atoms with Crippen molar-refractivity contribution >= 4 is 39.8 Å². The Balaban J connectivity index is 1.78. The number of carbonyl (C=O) groups is 2. The SMILES string of the molecule is C=CCN(Cc1ccc(C#N)cc1)C(=O)c1sc(NC(=O)c2ccc(F)cc2Cl)cc1C. The van der Waals surface area contributed by atoms with Crippen molar-refractivity contribution < 1.29 is 14.0 Å². The lowest BCUT2D eigenvalue weighted by Gasteiger charge is -2.21. The van der Waals surface area contributed by atoms with Gasteiger partial charge in [-0.25, -0.2) is 4.39 Å². The molecule has 0 aliphatic heterocycles. The van der Waals surface area contributed by atoms with Crippen LogP contribution in [0.25, 0.3) is 0 Å². The van der Waals surface area contributed by atoms with Gasteiger partial charge in [0.1, 0.15) is 5.82 Å². The maximum Gasteiger partial charge on any atom is 0.264 e. The van der Waals surface area contributed by atoms with E-state index < -0.39 is 11.7 Å². The highest BCUT2D eigenvalue weighted by atomic mass is 35.5. The van der Waals surface area contributed by atoms with E-state index >= 15 is 0 Å². The summed E-state index contributed by atoms with van der Waals surface area (Å²) >= 11 is 7.12. The fraction of sp³-hybridized carbons (Fsp3) is 0.125. The van der Waals surface area contributed by atoms with Crippen molar-refractivity contribution in [1.29, 1.82) is 5.26 Å². The summed E-state index contributed by atoms with van der Waals surface area (Å²) < 4.78 is 13.2. The van der Waals surface area contributed by atoms with Gasteiger partial charge in [-0.15, -0.1) is 17.9 Å². The van der Waals surface area contributed by atoms with Crippen molar-refractivity contribution in [2.75, 3.05) is 11.9 Å². The second-order valence-corrected chi connectivity index (χ2v) is 8.44. The molecule has 2 aromatic carbocycles. The number of amides is 2. The Morgan fingerprint density at radius 3 is 2.59 bits per heavy atom. The Morgan fingerprint density at radius 2 is 1.97 bits per heavy atom. The first kappa shape index (κ1) is 23.2. The van der Waals surface area contributed by atoms with Gasteiger partial charge >= 0.3 is 0 Å². The van der Waals surface area contributed by atoms with Gasteiger partial charge in [-0.1, -0.05) is 29.8 Å². The molecule has 1 aromatic heterocycles. The lowest BCUT2D eigenvalue weighted by molar-refractivity contribution is 0.0766. The number of carbonyl (C=O) groups excluding carboxylic acids is 2. The number of benzene rings is 2. The fourth-order valence-corrected chi connectivity index (χ4v) is 4.32. The topological polar surface area (TPSA) is 73.2 Å². The predicted octanol–water partition coefficient (Wildman–Crippen LogP) is 5.80. The molecular weight excluding hydrogens is 449 g/mol. The molecule has 0 saturated heterocycles. The third kappa shape index (κ3) is 5.41. The molecule has 1 N–H and O–H groups in total. The van der Waals surface area contributed by atoms with Crippen LogP contribution in [0.2, 0.25) is 5.02 Å². The van der Waals surface area contributed by atoms with Gasteiger partial charge in [0.15, 0.2) is 0 Å². The van der Waals surface area contributed by atoms with Crippen molar-refractivity contribution in [2.24, 2.45) is 0 Å². The van der Waals surface area contributed by atoms with E-state index in [1.54, 1.807) is 48.2 Å². The average Bonchev–Trinajstić information content (AvgIpc) is 3.13. The lowest BCUT2D eigenvalue weighted by Crippen LogP contribution is -2.30. The van der Waals surface area contributed by atoms with E-state index in [0.29, 0.717) is 28.5 Å². The zero-order valence-electron chi connectivity index (χ0n) is 17.2. The van der Waals surface area contributed by atoms with Crippen molar-refractivity contribution in [2.45, 2.75) is 13.5 Å². The normalized spacial score (nSPS) is 10.3. The van der Waals surface area contributed by atoms with Crippen LogP contribution in [0.5, 0.6) is 0 Å². The summed E-state index contributed by atoms with van der Waals surface area (Å²) in [6, 6.07) is 14.3. The fourth-order valence-electron chi connectivity index (χ4n) is 3.03. The van der Waals surface area contributed by atoms with E-state index in [2.05, 4.69) is 18.0 Å². The van der Waals surface area contributed by atoms with E-state index in [-0.39, 0.29) is 16.5 Å². The third-order valence-electron chi connectivity index (χ3n) is 4.62. The number of nitriles is 1. The number of hydrogen-bond acceptors (Lipinski definition) is 4. The Labute approximate surface area is 194 Å². The third-order valence-corrected chi connectivity index (χ3v) is 6.07. The van der Waals surface area contributed by atoms with Crippen LogP contribution in [0.15, 0.2) is 61.2 Å². The average molecular weight is 468 g/mol. The largest absolute Gasteiger partial charge is 0.330 e. The van der Waals surface area contributed by atoms with Crippen LogP contribution >= 0.6 is 22.9 Å². The van der Waals surface area contributed by atoms with Gasteiger partial charge in [0, 0.05) is 13.1 Å². The minimum Gasteiger partial charge on any atom is -0.330 e. The summed E-state index contributed by atoms with van der Waals surface area (Å²) in [6.45, 7) is 6.20. The quantitative estimate of drug-likeness (QED) is 0.446. The van der Waals surface area contributed by atoms with Gasteiger partial charge in [0.2, 0.25) is 0 Å². The molecule has 0 atom stereocenters. The first-order valence-electron chi connectivity index (χ1n) is 9.58. The van der Waals surface area contributed by atoms with Crippen molar-refractivity contribution in [3.05, 3.63) is 99.2 Å². The Hall–Kier alpha value is -3.47. The van der Waals surface area contributed by atoms with E-state index in [9.17, 15) is 14.0 Å². The molecule has 0 unspecified atom stereocenters. The summed E-state index contributed by atoms with van der Waals surface area (Å²) in [5, 5.41) is 12.2. The van der Waals surface area contributed by atoms with Crippen molar-refractivity contribution in [3.63, 3.8) is 0 Å². The maximum absolute atomic E-state index is 13.2. The molecule has 0 bridgehead atoms. The van der Waals surface area contributed by atoms with Gasteiger partial charge in [-0.3, -0.25) is 9.59 Å². The maximum atomic E-state index is 13.2. The van der Waals surface area contributed by atoms with Crippen LogP contribution < -0.4 is 5.32 Å². The molecule has 8 heteroatoms. The Bertz CT molecular complexity index is 1210. The zero-order chi connectivity index (χ0) is 23.3. The molecule has 162 valence electrons. The minimum atomic E-state index is -0.532. The van der Waals surface area contributed by atoms with E-state index in [0.717, 1.165) is 34.6 Å². The first-order chi connectivity index (χ1) is 15.3. The molecule has 1 heterocycles. The lowest BCUT2D eigenvalue weighted by atomic mass is 10.1. The molecule has 0 aliphatic rings. The molecule has 0 fully saturated rings. The van der Waals surface area contributed by atoms with Crippen LogP contribution in [-0.4, -0.2) is 23.3 Å². The van der Waals surface area contributed by atoms with Gasteiger partial charge < -0.3 is 10.2 Å². The first-order valence-corrected chi connectivity index (χ1v) is 10.8. The second kappa shape index (κ2) is 10.2. The van der Waals surface area contributed by atoms with Gasteiger partial charge in [-0.05, 0) is 54.4 Å². The van der Waals surface area contributed by atoms with E-state index in [1.165, 1.54) is 6.07 Å². The van der Waals surface area contributed by atoms with Crippen molar-refractivity contribution in [3.8, 4) is 6.07 Å². The van der Waals surface area contributed by atoms with Crippen LogP contribution in [0.1, 0.15) is 36.7 Å². The molecule has 3 rings (SSSR count). The molecule has 3 aromatic rings. The highest BCUT2D eigenvalue weighted by Crippen LogP contribution is 2.29. The van der Waals surface area contributed by atoms with Crippen molar-refractivity contribution in [1.82, 2.24) is 4.90 Å². The molecule has 32 heavy (non-hydrogen) atoms. The zero-order valence-corrected chi connectivity index (χ0v) is 18.8. The molecule has 0 spiro atoms. The van der Waals surface area contributed by atoms with Gasteiger partial charge in [0.25, 0.3) is 11.8 Å². The molecule has 5 nitrogen and oxygen atoms in total. The number of nitrogens with zero attached hydrogens (tertiary/aromatic N) is 2. The van der Waals surface area contributed by atoms with Crippen LogP contribution in [0, 0.1) is 24.1 Å². The predicted molar refractivity (Wildman–Crippen MR) is 125 cm³/mol. The highest BCUT2D eigenvalue weighted by molar-refractivity contribution is 7.18. The summed E-state index contributed by atoms with van der Waals surface area (Å²) in [4.78, 5) is 27.8. The number of thiophene rings is 1. The monoisotopic (exact) mass is 467 g/mol. The molecule has 2 amide bonds. The summed E-state index contributed by atoms with van der Waals surface area (Å²) in [5.41, 5.74) is 2.29. The summed E-state index contributed by atoms with van der Waals surface area (Å²) in [6.07, 6.45) is 1.64. The van der Waals surface area contributed by atoms with Gasteiger partial charge in [0.05, 0.1) is 32.1 Å². The van der Waals surface area contributed by atoms with Crippen LogP contribution in [-0.2, 0) is 6.54 Å². The highest BCUT2D eigenvalue weighted by Gasteiger charge is 2.21. The number of halogens is 2. The summed E-state index contributed by atoms with van der Waals surface area (Å²) in [7, 11) is 0. The molecular formula is C24H19ClFN3O2S. The molecule has 0 radical (unpaired) electrons. The number of rotatable bonds is 7. The second-order valence-electron chi connectivity index (χ2n) is 6.98.